The molecule has 20 heavy (non-hydrogen) atoms. The van der Waals surface area contributed by atoms with E-state index in [0.717, 1.165) is 17.0 Å². The zero-order valence-corrected chi connectivity index (χ0v) is 13.1. The third-order valence-electron chi connectivity index (χ3n) is 3.47. The Kier molecular flexibility index (Phi) is 3.59. The molecule has 2 nitrogen and oxygen atoms in total. The number of nitrogens with one attached hydrogen (secondary N) is 1. The second-order valence-electron chi connectivity index (χ2n) is 4.88. The van der Waals surface area contributed by atoms with E-state index in [2.05, 4.69) is 53.7 Å². The lowest BCUT2D eigenvalue weighted by molar-refractivity contribution is 0.803. The number of nitrogens with zero attached hydrogens (tertiary/aromatic N) is 1. The smallest absolute Gasteiger partial charge is 0.177 e. The fourth-order valence-electron chi connectivity index (χ4n) is 2.28. The first-order valence-electron chi connectivity index (χ1n) is 6.54. The van der Waals surface area contributed by atoms with Crippen LogP contribution in [0.15, 0.2) is 42.6 Å². The summed E-state index contributed by atoms with van der Waals surface area (Å²) in [5, 5.41) is 0. The molecule has 0 radical (unpaired) electrons. The third-order valence-corrected chi connectivity index (χ3v) is 4.94. The molecule has 0 fully saturated rings. The van der Waals surface area contributed by atoms with E-state index in [4.69, 9.17) is 12.2 Å². The van der Waals surface area contributed by atoms with Crippen LogP contribution in [0.2, 0.25) is 0 Å². The van der Waals surface area contributed by atoms with Crippen LogP contribution in [0.3, 0.4) is 0 Å². The molecule has 0 aliphatic rings. The van der Waals surface area contributed by atoms with Gasteiger partial charge in [0.15, 0.2) is 4.77 Å². The monoisotopic (exact) mass is 300 g/mol. The molecule has 0 saturated heterocycles. The molecule has 0 unspecified atom stereocenters. The predicted molar refractivity (Wildman–Crippen MR) is 87.9 cm³/mol. The first-order chi connectivity index (χ1) is 9.65. The Labute approximate surface area is 127 Å². The molecule has 0 bridgehead atoms. The van der Waals surface area contributed by atoms with Crippen molar-refractivity contribution in [3.05, 3.63) is 62.7 Å². The first kappa shape index (κ1) is 13.3. The lowest BCUT2D eigenvalue weighted by Gasteiger charge is -2.07. The molecule has 3 rings (SSSR count). The Bertz CT molecular complexity index is 759. The van der Waals surface area contributed by atoms with Crippen LogP contribution in [0, 0.1) is 18.6 Å². The van der Waals surface area contributed by atoms with Crippen molar-refractivity contribution in [1.29, 1.82) is 0 Å². The van der Waals surface area contributed by atoms with Gasteiger partial charge in [-0.3, -0.25) is 0 Å². The Hall–Kier alpha value is -1.65. The van der Waals surface area contributed by atoms with Crippen LogP contribution in [0.4, 0.5) is 0 Å². The van der Waals surface area contributed by atoms with Crippen LogP contribution in [-0.4, -0.2) is 9.55 Å². The SMILES string of the molecule is Cc1cc(Cn2c(-c3ccccc3)c[nH]c2=S)sc1C. The van der Waals surface area contributed by atoms with Crippen LogP contribution in [0.25, 0.3) is 11.3 Å². The minimum Gasteiger partial charge on any atom is -0.337 e. The van der Waals surface area contributed by atoms with Crippen molar-refractivity contribution in [3.63, 3.8) is 0 Å². The van der Waals surface area contributed by atoms with E-state index in [1.165, 1.54) is 20.9 Å². The summed E-state index contributed by atoms with van der Waals surface area (Å²) >= 11 is 7.27. The molecule has 0 atom stereocenters. The molecule has 1 N–H and O–H groups in total. The van der Waals surface area contributed by atoms with Crippen LogP contribution in [0.1, 0.15) is 15.3 Å². The highest BCUT2D eigenvalue weighted by molar-refractivity contribution is 7.71. The minimum absolute atomic E-state index is 0.771. The van der Waals surface area contributed by atoms with E-state index in [0.29, 0.717) is 0 Å². The molecule has 0 saturated carbocycles. The largest absolute Gasteiger partial charge is 0.337 e. The zero-order chi connectivity index (χ0) is 14.1. The van der Waals surface area contributed by atoms with E-state index >= 15 is 0 Å². The fourth-order valence-corrected chi connectivity index (χ4v) is 3.55. The third kappa shape index (κ3) is 2.49. The molecule has 0 aliphatic carbocycles. The van der Waals surface area contributed by atoms with Crippen LogP contribution >= 0.6 is 23.6 Å². The average Bonchev–Trinajstić information content (AvgIpc) is 2.96. The van der Waals surface area contributed by atoms with E-state index in [1.54, 1.807) is 0 Å². The van der Waals surface area contributed by atoms with Crippen molar-refractivity contribution in [2.24, 2.45) is 0 Å². The highest BCUT2D eigenvalue weighted by Crippen LogP contribution is 2.25. The van der Waals surface area contributed by atoms with Crippen LogP contribution in [0.5, 0.6) is 0 Å². The molecular weight excluding hydrogens is 284 g/mol. The summed E-state index contributed by atoms with van der Waals surface area (Å²) in [4.78, 5) is 5.88. The highest BCUT2D eigenvalue weighted by Gasteiger charge is 2.09. The van der Waals surface area contributed by atoms with Gasteiger partial charge in [-0.2, -0.15) is 0 Å². The second-order valence-corrected chi connectivity index (χ2v) is 6.61. The number of hydrogen-bond acceptors (Lipinski definition) is 2. The van der Waals surface area contributed by atoms with Crippen molar-refractivity contribution in [2.75, 3.05) is 0 Å². The number of hydrogen-bond donors (Lipinski definition) is 1. The Morgan fingerprint density at radius 1 is 1.20 bits per heavy atom. The predicted octanol–water partition coefficient (Wildman–Crippen LogP) is 4.94. The molecule has 102 valence electrons. The van der Waals surface area contributed by atoms with Crippen LogP contribution < -0.4 is 0 Å². The number of H-pyrrole nitrogens is 1. The van der Waals surface area contributed by atoms with Crippen molar-refractivity contribution < 1.29 is 0 Å². The summed E-state index contributed by atoms with van der Waals surface area (Å²) in [6.07, 6.45) is 1.99. The van der Waals surface area contributed by atoms with Gasteiger partial charge >= 0.3 is 0 Å². The molecule has 2 heterocycles. The summed E-state index contributed by atoms with van der Waals surface area (Å²) in [5.41, 5.74) is 3.68. The van der Waals surface area contributed by atoms with Gasteiger partial charge in [-0.05, 0) is 43.3 Å². The topological polar surface area (TPSA) is 20.7 Å². The average molecular weight is 300 g/mol. The van der Waals surface area contributed by atoms with Gasteiger partial charge in [0.05, 0.1) is 12.2 Å². The maximum atomic E-state index is 5.42. The quantitative estimate of drug-likeness (QED) is 0.679. The number of aromatic amines is 1. The Morgan fingerprint density at radius 2 is 1.95 bits per heavy atom. The number of aromatic nitrogens is 2. The van der Waals surface area contributed by atoms with Crippen molar-refractivity contribution in [2.45, 2.75) is 20.4 Å². The van der Waals surface area contributed by atoms with E-state index in [9.17, 15) is 0 Å². The van der Waals surface area contributed by atoms with Crippen molar-refractivity contribution in [3.8, 4) is 11.3 Å². The maximum absolute atomic E-state index is 5.42. The molecule has 0 spiro atoms. The van der Waals surface area contributed by atoms with Gasteiger partial charge in [-0.1, -0.05) is 30.3 Å². The summed E-state index contributed by atoms with van der Waals surface area (Å²) in [6.45, 7) is 5.15. The summed E-state index contributed by atoms with van der Waals surface area (Å²) in [7, 11) is 0. The Morgan fingerprint density at radius 3 is 2.60 bits per heavy atom. The highest BCUT2D eigenvalue weighted by atomic mass is 32.1. The van der Waals surface area contributed by atoms with E-state index in [1.807, 2.05) is 23.6 Å². The molecule has 3 aromatic rings. The second kappa shape index (κ2) is 5.38. The van der Waals surface area contributed by atoms with E-state index < -0.39 is 0 Å². The number of imidazole rings is 1. The number of benzene rings is 1. The molecule has 0 amide bonds. The molecular formula is C16H16N2S2. The first-order valence-corrected chi connectivity index (χ1v) is 7.77. The van der Waals surface area contributed by atoms with Gasteiger partial charge in [-0.25, -0.2) is 0 Å². The summed E-state index contributed by atoms with van der Waals surface area (Å²) in [6, 6.07) is 12.6. The van der Waals surface area contributed by atoms with Crippen LogP contribution in [-0.2, 0) is 6.54 Å². The molecule has 0 aliphatic heterocycles. The standard InChI is InChI=1S/C16H16N2S2/c1-11-8-14(20-12(11)2)10-18-15(9-17-16(18)19)13-6-4-3-5-7-13/h3-9H,10H2,1-2H3,(H,17,19). The zero-order valence-electron chi connectivity index (χ0n) is 11.5. The summed E-state index contributed by atoms with van der Waals surface area (Å²) < 4.78 is 2.93. The lowest BCUT2D eigenvalue weighted by Crippen LogP contribution is -2.00. The van der Waals surface area contributed by atoms with Gasteiger partial charge in [0.25, 0.3) is 0 Å². The van der Waals surface area contributed by atoms with Crippen molar-refractivity contribution in [1.82, 2.24) is 9.55 Å². The Balaban J connectivity index is 2.02. The van der Waals surface area contributed by atoms with Crippen molar-refractivity contribution >= 4 is 23.6 Å². The molecule has 4 heteroatoms. The van der Waals surface area contributed by atoms with Gasteiger partial charge < -0.3 is 9.55 Å². The lowest BCUT2D eigenvalue weighted by atomic mass is 10.2. The fraction of sp³-hybridized carbons (Fsp3) is 0.188. The summed E-state index contributed by atoms with van der Waals surface area (Å²) in [5.74, 6) is 0. The molecule has 1 aromatic carbocycles. The van der Waals surface area contributed by atoms with E-state index in [-0.39, 0.29) is 0 Å². The van der Waals surface area contributed by atoms with Gasteiger partial charge in [0.1, 0.15) is 0 Å². The number of rotatable bonds is 3. The minimum atomic E-state index is 0.771. The number of aryl methyl sites for hydroxylation is 2. The van der Waals surface area contributed by atoms with Gasteiger partial charge in [-0.15, -0.1) is 11.3 Å². The maximum Gasteiger partial charge on any atom is 0.177 e. The normalized spacial score (nSPS) is 10.9. The number of thiophene rings is 1. The molecule has 2 aromatic heterocycles. The van der Waals surface area contributed by atoms with Gasteiger partial charge in [0.2, 0.25) is 0 Å². The van der Waals surface area contributed by atoms with Gasteiger partial charge in [0, 0.05) is 16.0 Å².